The molecule has 0 fully saturated rings. The van der Waals surface area contributed by atoms with E-state index in [1.165, 1.54) is 0 Å². The lowest BCUT2D eigenvalue weighted by Crippen LogP contribution is -2.44. The summed E-state index contributed by atoms with van der Waals surface area (Å²) < 4.78 is 5.56. The van der Waals surface area contributed by atoms with E-state index >= 15 is 0 Å². The molecule has 2 rings (SSSR count). The van der Waals surface area contributed by atoms with Gasteiger partial charge in [0.2, 0.25) is 0 Å². The number of ether oxygens (including phenoxy) is 1. The minimum atomic E-state index is -0.0558. The lowest BCUT2D eigenvalue weighted by Gasteiger charge is -2.36. The number of halogens is 2. The highest BCUT2D eigenvalue weighted by molar-refractivity contribution is 6.43. The predicted molar refractivity (Wildman–Crippen MR) is 66.4 cm³/mol. The van der Waals surface area contributed by atoms with Gasteiger partial charge in [0.1, 0.15) is 17.4 Å². The fraction of sp³-hybridized carbons (Fsp3) is 0.455. The molecule has 0 bridgehead atoms. The lowest BCUT2D eigenvalue weighted by atomic mass is 9.96. The van der Waals surface area contributed by atoms with E-state index in [2.05, 4.69) is 4.90 Å². The highest BCUT2D eigenvalue weighted by atomic mass is 35.5. The number of hydrogen-bond donors (Lipinski definition) is 1. The third-order valence-electron chi connectivity index (χ3n) is 2.78. The molecule has 2 atom stereocenters. The molecule has 0 spiro atoms. The van der Waals surface area contributed by atoms with Gasteiger partial charge in [-0.2, -0.15) is 0 Å². The number of nitrogens with zero attached hydrogens (tertiary/aromatic N) is 1. The summed E-state index contributed by atoms with van der Waals surface area (Å²) in [6, 6.07) is 3.76. The average molecular weight is 261 g/mol. The summed E-state index contributed by atoms with van der Waals surface area (Å²) in [7, 11) is 3.98. The molecule has 0 aromatic heterocycles. The standard InChI is InChI=1S/C11H14Cl2N2O/c1-15(2)10-6-3-4-7(12)9(13)11(6)16-5-8(10)14/h3-4,8,10H,5,14H2,1-2H3. The van der Waals surface area contributed by atoms with E-state index in [1.807, 2.05) is 20.2 Å². The molecule has 1 aromatic rings. The van der Waals surface area contributed by atoms with Gasteiger partial charge < -0.3 is 15.4 Å². The quantitative estimate of drug-likeness (QED) is 0.843. The first kappa shape index (κ1) is 12.0. The van der Waals surface area contributed by atoms with E-state index in [9.17, 15) is 0 Å². The average Bonchev–Trinajstić information content (AvgIpc) is 2.22. The maximum absolute atomic E-state index is 6.11. The summed E-state index contributed by atoms with van der Waals surface area (Å²) in [6.07, 6.45) is 0. The SMILES string of the molecule is CN(C)C1c2ccc(Cl)c(Cl)c2OCC1N. The highest BCUT2D eigenvalue weighted by Gasteiger charge is 2.31. The van der Waals surface area contributed by atoms with Crippen molar-refractivity contribution in [2.45, 2.75) is 12.1 Å². The van der Waals surface area contributed by atoms with Crippen molar-refractivity contribution >= 4 is 23.2 Å². The van der Waals surface area contributed by atoms with Crippen molar-refractivity contribution in [1.82, 2.24) is 4.90 Å². The first-order chi connectivity index (χ1) is 7.52. The second kappa shape index (κ2) is 4.41. The lowest BCUT2D eigenvalue weighted by molar-refractivity contribution is 0.162. The molecule has 0 saturated carbocycles. The number of nitrogens with two attached hydrogens (primary N) is 1. The van der Waals surface area contributed by atoms with Crippen LogP contribution in [0.3, 0.4) is 0 Å². The molecule has 2 N–H and O–H groups in total. The number of fused-ring (bicyclic) bond motifs is 1. The summed E-state index contributed by atoms with van der Waals surface area (Å²) in [6.45, 7) is 0.454. The third-order valence-corrected chi connectivity index (χ3v) is 3.57. The van der Waals surface area contributed by atoms with Crippen LogP contribution in [0.4, 0.5) is 0 Å². The maximum atomic E-state index is 6.11. The predicted octanol–water partition coefficient (Wildman–Crippen LogP) is 2.32. The Morgan fingerprint density at radius 1 is 1.38 bits per heavy atom. The Morgan fingerprint density at radius 2 is 2.06 bits per heavy atom. The molecule has 0 amide bonds. The van der Waals surface area contributed by atoms with Gasteiger partial charge in [-0.05, 0) is 20.2 Å². The van der Waals surface area contributed by atoms with Crippen LogP contribution in [-0.2, 0) is 0 Å². The molecule has 5 heteroatoms. The highest BCUT2D eigenvalue weighted by Crippen LogP contribution is 2.42. The van der Waals surface area contributed by atoms with Crippen molar-refractivity contribution in [3.05, 3.63) is 27.7 Å². The molecule has 0 radical (unpaired) electrons. The van der Waals surface area contributed by atoms with Crippen LogP contribution in [-0.4, -0.2) is 31.6 Å². The number of hydrogen-bond acceptors (Lipinski definition) is 3. The summed E-state index contributed by atoms with van der Waals surface area (Å²) in [5.74, 6) is 0.662. The number of rotatable bonds is 1. The van der Waals surface area contributed by atoms with Crippen LogP contribution in [0, 0.1) is 0 Å². The van der Waals surface area contributed by atoms with Crippen LogP contribution >= 0.6 is 23.2 Å². The van der Waals surface area contributed by atoms with Crippen LogP contribution in [0.1, 0.15) is 11.6 Å². The zero-order valence-electron chi connectivity index (χ0n) is 9.21. The molecule has 1 aromatic carbocycles. The van der Waals surface area contributed by atoms with Crippen molar-refractivity contribution in [3.63, 3.8) is 0 Å². The van der Waals surface area contributed by atoms with Crippen molar-refractivity contribution in [2.24, 2.45) is 5.73 Å². The van der Waals surface area contributed by atoms with Gasteiger partial charge in [0.05, 0.1) is 17.1 Å². The summed E-state index contributed by atoms with van der Waals surface area (Å²) in [5, 5.41) is 0.978. The number of benzene rings is 1. The first-order valence-corrected chi connectivity index (χ1v) is 5.80. The molecule has 2 unspecified atom stereocenters. The van der Waals surface area contributed by atoms with Crippen LogP contribution in [0.15, 0.2) is 12.1 Å². The van der Waals surface area contributed by atoms with Gasteiger partial charge in [-0.25, -0.2) is 0 Å². The Hall–Kier alpha value is -0.480. The molecule has 0 aliphatic carbocycles. The Kier molecular flexibility index (Phi) is 3.31. The Bertz CT molecular complexity index is 409. The van der Waals surface area contributed by atoms with Crippen LogP contribution in [0.2, 0.25) is 10.0 Å². The van der Waals surface area contributed by atoms with E-state index in [-0.39, 0.29) is 12.1 Å². The van der Waals surface area contributed by atoms with Crippen molar-refractivity contribution in [3.8, 4) is 5.75 Å². The van der Waals surface area contributed by atoms with Gasteiger partial charge in [0.15, 0.2) is 0 Å². The van der Waals surface area contributed by atoms with Gasteiger partial charge in [0, 0.05) is 5.56 Å². The molecule has 1 heterocycles. The minimum Gasteiger partial charge on any atom is -0.490 e. The molecule has 88 valence electrons. The summed E-state index contributed by atoms with van der Waals surface area (Å²) >= 11 is 12.1. The Labute approximate surface area is 105 Å². The van der Waals surface area contributed by atoms with E-state index < -0.39 is 0 Å². The molecule has 1 aliphatic heterocycles. The normalized spacial score (nSPS) is 24.1. The first-order valence-electron chi connectivity index (χ1n) is 5.05. The summed E-state index contributed by atoms with van der Waals surface area (Å²) in [4.78, 5) is 2.07. The zero-order chi connectivity index (χ0) is 11.9. The molecule has 1 aliphatic rings. The number of likely N-dealkylation sites (N-methyl/N-ethyl adjacent to an activating group) is 1. The topological polar surface area (TPSA) is 38.5 Å². The van der Waals surface area contributed by atoms with Crippen molar-refractivity contribution < 1.29 is 4.74 Å². The zero-order valence-corrected chi connectivity index (χ0v) is 10.7. The second-order valence-corrected chi connectivity index (χ2v) is 4.95. The minimum absolute atomic E-state index is 0.0558. The molecule has 16 heavy (non-hydrogen) atoms. The molecule has 3 nitrogen and oxygen atoms in total. The van der Waals surface area contributed by atoms with E-state index in [1.54, 1.807) is 6.07 Å². The maximum Gasteiger partial charge on any atom is 0.144 e. The molecule has 0 saturated heterocycles. The van der Waals surface area contributed by atoms with E-state index in [0.717, 1.165) is 5.56 Å². The van der Waals surface area contributed by atoms with Gasteiger partial charge in [-0.3, -0.25) is 0 Å². The van der Waals surface area contributed by atoms with Crippen molar-refractivity contribution in [1.29, 1.82) is 0 Å². The van der Waals surface area contributed by atoms with Gasteiger partial charge in [-0.15, -0.1) is 0 Å². The van der Waals surface area contributed by atoms with Gasteiger partial charge in [-0.1, -0.05) is 29.3 Å². The largest absolute Gasteiger partial charge is 0.490 e. The third kappa shape index (κ3) is 1.89. The van der Waals surface area contributed by atoms with Crippen molar-refractivity contribution in [2.75, 3.05) is 20.7 Å². The fourth-order valence-electron chi connectivity index (χ4n) is 2.09. The van der Waals surface area contributed by atoms with Crippen LogP contribution < -0.4 is 10.5 Å². The second-order valence-electron chi connectivity index (χ2n) is 4.16. The van der Waals surface area contributed by atoms with E-state index in [0.29, 0.717) is 22.4 Å². The fourth-order valence-corrected chi connectivity index (χ4v) is 2.46. The molecular weight excluding hydrogens is 247 g/mol. The van der Waals surface area contributed by atoms with Crippen LogP contribution in [0.5, 0.6) is 5.75 Å². The summed E-state index contributed by atoms with van der Waals surface area (Å²) in [5.41, 5.74) is 7.04. The smallest absolute Gasteiger partial charge is 0.144 e. The Morgan fingerprint density at radius 3 is 2.69 bits per heavy atom. The van der Waals surface area contributed by atoms with E-state index in [4.69, 9.17) is 33.7 Å². The molecular formula is C11H14Cl2N2O. The van der Waals surface area contributed by atoms with Gasteiger partial charge >= 0.3 is 0 Å². The van der Waals surface area contributed by atoms with Crippen LogP contribution in [0.25, 0.3) is 0 Å². The monoisotopic (exact) mass is 260 g/mol. The Balaban J connectivity index is 2.53. The van der Waals surface area contributed by atoms with Gasteiger partial charge in [0.25, 0.3) is 0 Å².